The van der Waals surface area contributed by atoms with Crippen LogP contribution in [0.5, 0.6) is 0 Å². The molecule has 0 aliphatic carbocycles. The van der Waals surface area contributed by atoms with E-state index in [-0.39, 0.29) is 6.10 Å². The summed E-state index contributed by atoms with van der Waals surface area (Å²) in [5.74, 6) is 0. The summed E-state index contributed by atoms with van der Waals surface area (Å²) in [5, 5.41) is 0. The standard InChI is InChI=1S/C26H54NO2P/c1-4-5-6-7-8-9-10-11-12-13-14-15-16-17-18-19-20-25-30(3,28)29-26-21-23-27(2)24-22-26/h26,28H,3-25H2,1-2H3/p+1. The number of likely N-dealkylation sites (tertiary alicyclic amines) is 1. The van der Waals surface area contributed by atoms with E-state index < -0.39 is 7.34 Å². The van der Waals surface area contributed by atoms with Crippen LogP contribution >= 0.6 is 7.34 Å². The van der Waals surface area contributed by atoms with Crippen LogP contribution in [0, 0.1) is 0 Å². The predicted molar refractivity (Wildman–Crippen MR) is 136 cm³/mol. The van der Waals surface area contributed by atoms with Gasteiger partial charge in [0.15, 0.2) is 0 Å². The summed E-state index contributed by atoms with van der Waals surface area (Å²) in [7, 11) is -0.145. The SMILES string of the molecule is C=P(O)(CCCCCCCCCCCCCCCCCCC)OC1CC[NH+](C)CC1. The molecule has 0 saturated carbocycles. The van der Waals surface area contributed by atoms with Crippen LogP contribution in [0.15, 0.2) is 0 Å². The first-order chi connectivity index (χ1) is 14.5. The maximum Gasteiger partial charge on any atom is 0.115 e. The molecule has 0 amide bonds. The molecule has 1 rings (SSSR count). The van der Waals surface area contributed by atoms with Crippen molar-refractivity contribution >= 4 is 13.6 Å². The number of nitrogens with one attached hydrogen (secondary N) is 1. The second-order valence-electron chi connectivity index (χ2n) is 9.99. The van der Waals surface area contributed by atoms with Crippen LogP contribution < -0.4 is 4.90 Å². The fraction of sp³-hybridized carbons (Fsp3) is 0.962. The average Bonchev–Trinajstić information content (AvgIpc) is 2.72. The smallest absolute Gasteiger partial charge is 0.115 e. The van der Waals surface area contributed by atoms with Gasteiger partial charge >= 0.3 is 0 Å². The first-order valence-corrected chi connectivity index (χ1v) is 15.5. The van der Waals surface area contributed by atoms with Crippen LogP contribution in [0.4, 0.5) is 0 Å². The van der Waals surface area contributed by atoms with Crippen LogP contribution in [0.1, 0.15) is 129 Å². The molecular formula is C26H55NO2P+. The highest BCUT2D eigenvalue weighted by Gasteiger charge is 2.24. The van der Waals surface area contributed by atoms with E-state index in [1.54, 1.807) is 4.90 Å². The quantitative estimate of drug-likeness (QED) is 0.164. The van der Waals surface area contributed by atoms with E-state index in [2.05, 4.69) is 20.3 Å². The minimum atomic E-state index is -2.38. The van der Waals surface area contributed by atoms with Crippen LogP contribution in [-0.2, 0) is 4.52 Å². The maximum absolute atomic E-state index is 10.5. The number of quaternary nitrogens is 1. The summed E-state index contributed by atoms with van der Waals surface area (Å²) in [4.78, 5) is 12.1. The Hall–Kier alpha value is 0.180. The maximum atomic E-state index is 10.5. The van der Waals surface area contributed by atoms with Gasteiger partial charge in [0.2, 0.25) is 0 Å². The van der Waals surface area contributed by atoms with Gasteiger partial charge in [0.25, 0.3) is 0 Å². The molecule has 0 bridgehead atoms. The van der Waals surface area contributed by atoms with Crippen molar-refractivity contribution in [3.63, 3.8) is 0 Å². The van der Waals surface area contributed by atoms with Crippen molar-refractivity contribution in [2.45, 2.75) is 135 Å². The summed E-state index contributed by atoms with van der Waals surface area (Å²) < 4.78 is 6.00. The van der Waals surface area contributed by atoms with Gasteiger partial charge in [0.1, 0.15) is 7.34 Å². The third-order valence-corrected chi connectivity index (χ3v) is 8.45. The molecular weight excluding hydrogens is 389 g/mol. The van der Waals surface area contributed by atoms with Crippen LogP contribution in [0.3, 0.4) is 0 Å². The lowest BCUT2D eigenvalue weighted by Gasteiger charge is -2.30. The minimum Gasteiger partial charge on any atom is -0.353 e. The Morgan fingerprint density at radius 2 is 1.10 bits per heavy atom. The molecule has 1 fully saturated rings. The van der Waals surface area contributed by atoms with E-state index in [1.165, 1.54) is 103 Å². The zero-order valence-electron chi connectivity index (χ0n) is 20.6. The molecule has 0 aromatic heterocycles. The second kappa shape index (κ2) is 18.7. The number of piperidine rings is 1. The van der Waals surface area contributed by atoms with Gasteiger partial charge < -0.3 is 14.3 Å². The van der Waals surface area contributed by atoms with E-state index in [9.17, 15) is 4.89 Å². The Morgan fingerprint density at radius 1 is 0.733 bits per heavy atom. The van der Waals surface area contributed by atoms with Gasteiger partial charge in [-0.1, -0.05) is 116 Å². The molecule has 4 heteroatoms. The summed E-state index contributed by atoms with van der Waals surface area (Å²) in [6.45, 7) is 4.60. The average molecular weight is 445 g/mol. The summed E-state index contributed by atoms with van der Waals surface area (Å²) >= 11 is 0. The fourth-order valence-corrected chi connectivity index (χ4v) is 6.19. The van der Waals surface area contributed by atoms with Gasteiger partial charge in [-0.05, 0) is 6.42 Å². The Labute approximate surface area is 189 Å². The second-order valence-corrected chi connectivity index (χ2v) is 12.3. The highest BCUT2D eigenvalue weighted by molar-refractivity contribution is 7.63. The molecule has 3 nitrogen and oxygen atoms in total. The first-order valence-electron chi connectivity index (χ1n) is 13.5. The van der Waals surface area contributed by atoms with Gasteiger partial charge in [0.05, 0.1) is 26.2 Å². The molecule has 1 heterocycles. The molecule has 1 saturated heterocycles. The van der Waals surface area contributed by atoms with Crippen molar-refractivity contribution in [3.8, 4) is 0 Å². The Balaban J connectivity index is 1.80. The molecule has 0 aromatic carbocycles. The number of rotatable bonds is 20. The predicted octanol–water partition coefficient (Wildman–Crippen LogP) is 6.60. The van der Waals surface area contributed by atoms with E-state index in [1.807, 2.05) is 0 Å². The largest absolute Gasteiger partial charge is 0.353 e. The van der Waals surface area contributed by atoms with Crippen LogP contribution in [-0.4, -0.2) is 43.6 Å². The van der Waals surface area contributed by atoms with Gasteiger partial charge in [0, 0.05) is 19.0 Å². The first kappa shape index (κ1) is 28.2. The zero-order valence-corrected chi connectivity index (χ0v) is 21.5. The number of hydrogen-bond donors (Lipinski definition) is 2. The highest BCUT2D eigenvalue weighted by Crippen LogP contribution is 2.44. The summed E-state index contributed by atoms with van der Waals surface area (Å²) in [6.07, 6.45) is 30.7. The van der Waals surface area contributed by atoms with Gasteiger partial charge in [-0.25, -0.2) is 0 Å². The molecule has 1 atom stereocenters. The lowest BCUT2D eigenvalue weighted by atomic mass is 10.0. The molecule has 0 spiro atoms. The summed E-state index contributed by atoms with van der Waals surface area (Å²) in [5.41, 5.74) is 0. The lowest BCUT2D eigenvalue weighted by molar-refractivity contribution is -0.885. The Morgan fingerprint density at radius 3 is 1.50 bits per heavy atom. The van der Waals surface area contributed by atoms with E-state index in [0.29, 0.717) is 0 Å². The van der Waals surface area contributed by atoms with E-state index in [4.69, 9.17) is 4.52 Å². The van der Waals surface area contributed by atoms with Gasteiger partial charge in [-0.2, -0.15) is 0 Å². The van der Waals surface area contributed by atoms with Crippen molar-refractivity contribution in [2.24, 2.45) is 0 Å². The van der Waals surface area contributed by atoms with E-state index >= 15 is 0 Å². The molecule has 0 aromatic rings. The molecule has 1 aliphatic rings. The van der Waals surface area contributed by atoms with Crippen molar-refractivity contribution in [1.82, 2.24) is 0 Å². The molecule has 1 aliphatic heterocycles. The number of unbranched alkanes of at least 4 members (excludes halogenated alkanes) is 16. The molecule has 180 valence electrons. The Kier molecular flexibility index (Phi) is 17.6. The third-order valence-electron chi connectivity index (χ3n) is 6.74. The third kappa shape index (κ3) is 16.8. The highest BCUT2D eigenvalue weighted by atomic mass is 31.2. The monoisotopic (exact) mass is 444 g/mol. The summed E-state index contributed by atoms with van der Waals surface area (Å²) in [6, 6.07) is 0. The van der Waals surface area contributed by atoms with Crippen LogP contribution in [0.2, 0.25) is 0 Å². The molecule has 30 heavy (non-hydrogen) atoms. The van der Waals surface area contributed by atoms with Crippen molar-refractivity contribution in [1.29, 1.82) is 0 Å². The van der Waals surface area contributed by atoms with Crippen molar-refractivity contribution in [3.05, 3.63) is 0 Å². The van der Waals surface area contributed by atoms with Gasteiger partial charge in [-0.3, -0.25) is 0 Å². The topological polar surface area (TPSA) is 33.9 Å². The number of hydrogen-bond acceptors (Lipinski definition) is 2. The molecule has 2 N–H and O–H groups in total. The normalized spacial score (nSPS) is 21.6. The lowest BCUT2D eigenvalue weighted by Crippen LogP contribution is -3.10. The van der Waals surface area contributed by atoms with Crippen molar-refractivity contribution < 1.29 is 14.3 Å². The minimum absolute atomic E-state index is 0.246. The zero-order chi connectivity index (χ0) is 21.9. The fourth-order valence-electron chi connectivity index (χ4n) is 4.60. The van der Waals surface area contributed by atoms with Crippen molar-refractivity contribution in [2.75, 3.05) is 26.3 Å². The molecule has 1 unspecified atom stereocenters. The van der Waals surface area contributed by atoms with Crippen LogP contribution in [0.25, 0.3) is 0 Å². The van der Waals surface area contributed by atoms with Gasteiger partial charge in [-0.15, -0.1) is 0 Å². The Bertz CT molecular complexity index is 421. The molecule has 0 radical (unpaired) electrons. The van der Waals surface area contributed by atoms with E-state index in [0.717, 1.165) is 38.5 Å².